The first-order chi connectivity index (χ1) is 8.93. The zero-order valence-electron chi connectivity index (χ0n) is 10.1. The summed E-state index contributed by atoms with van der Waals surface area (Å²) in [4.78, 5) is 6.70. The molecule has 6 nitrogen and oxygen atoms in total. The Hall–Kier alpha value is -1.69. The number of morpholine rings is 1. The van der Waals surface area contributed by atoms with Crippen molar-refractivity contribution < 1.29 is 4.74 Å². The molecule has 2 aromatic rings. The number of hydrogen-bond donors (Lipinski definition) is 0. The van der Waals surface area contributed by atoms with E-state index in [9.17, 15) is 0 Å². The number of nitrogens with zero attached hydrogens (tertiary/aromatic N) is 5. The highest BCUT2D eigenvalue weighted by Crippen LogP contribution is 2.39. The Morgan fingerprint density at radius 1 is 1.17 bits per heavy atom. The lowest BCUT2D eigenvalue weighted by molar-refractivity contribution is 0.122. The van der Waals surface area contributed by atoms with E-state index < -0.39 is 0 Å². The van der Waals surface area contributed by atoms with Gasteiger partial charge in [0.25, 0.3) is 0 Å². The molecule has 0 atom stereocenters. The van der Waals surface area contributed by atoms with Gasteiger partial charge in [0, 0.05) is 31.4 Å². The molecule has 2 fully saturated rings. The van der Waals surface area contributed by atoms with Gasteiger partial charge in [-0.1, -0.05) is 0 Å². The topological polar surface area (TPSA) is 55.5 Å². The van der Waals surface area contributed by atoms with Gasteiger partial charge in [0.2, 0.25) is 5.65 Å². The van der Waals surface area contributed by atoms with Gasteiger partial charge >= 0.3 is 0 Å². The molecule has 1 aliphatic carbocycles. The first-order valence-corrected chi connectivity index (χ1v) is 6.46. The van der Waals surface area contributed by atoms with E-state index in [4.69, 9.17) is 4.74 Å². The van der Waals surface area contributed by atoms with Crippen LogP contribution >= 0.6 is 0 Å². The van der Waals surface area contributed by atoms with Crippen LogP contribution < -0.4 is 4.90 Å². The number of hydrogen-bond acceptors (Lipinski definition) is 5. The average Bonchev–Trinajstić information content (AvgIpc) is 3.19. The highest BCUT2D eigenvalue weighted by atomic mass is 16.5. The molecule has 94 valence electrons. The first-order valence-electron chi connectivity index (χ1n) is 6.46. The second kappa shape index (κ2) is 3.91. The van der Waals surface area contributed by atoms with Gasteiger partial charge in [-0.25, -0.2) is 4.98 Å². The van der Waals surface area contributed by atoms with Crippen molar-refractivity contribution in [1.29, 1.82) is 0 Å². The molecule has 1 aliphatic heterocycles. The monoisotopic (exact) mass is 245 g/mol. The molecule has 0 aromatic carbocycles. The number of rotatable bonds is 2. The minimum atomic E-state index is 0.597. The fourth-order valence-electron chi connectivity index (χ4n) is 2.45. The van der Waals surface area contributed by atoms with Crippen LogP contribution in [-0.2, 0) is 4.74 Å². The zero-order chi connectivity index (χ0) is 11.9. The quantitative estimate of drug-likeness (QED) is 0.784. The lowest BCUT2D eigenvalue weighted by Gasteiger charge is -2.27. The molecule has 0 unspecified atom stereocenters. The molecule has 1 saturated heterocycles. The van der Waals surface area contributed by atoms with Crippen molar-refractivity contribution in [2.24, 2.45) is 0 Å². The van der Waals surface area contributed by atoms with E-state index >= 15 is 0 Å². The van der Waals surface area contributed by atoms with Gasteiger partial charge in [-0.3, -0.25) is 4.40 Å². The largest absolute Gasteiger partial charge is 0.378 e. The molecular weight excluding hydrogens is 230 g/mol. The minimum absolute atomic E-state index is 0.597. The summed E-state index contributed by atoms with van der Waals surface area (Å²) >= 11 is 0. The van der Waals surface area contributed by atoms with Crippen molar-refractivity contribution in [2.45, 2.75) is 18.8 Å². The van der Waals surface area contributed by atoms with E-state index in [0.717, 1.165) is 43.6 Å². The summed E-state index contributed by atoms with van der Waals surface area (Å²) in [5, 5.41) is 8.65. The van der Waals surface area contributed by atoms with Crippen LogP contribution in [0.15, 0.2) is 12.4 Å². The SMILES string of the molecule is c1cn2c(C3CC3)nnc2c(N2CCOCC2)n1. The first kappa shape index (κ1) is 10.3. The van der Waals surface area contributed by atoms with Gasteiger partial charge in [0.05, 0.1) is 13.2 Å². The van der Waals surface area contributed by atoms with Crippen molar-refractivity contribution in [3.05, 3.63) is 18.2 Å². The van der Waals surface area contributed by atoms with Gasteiger partial charge in [-0.2, -0.15) is 0 Å². The van der Waals surface area contributed by atoms with Crippen LogP contribution in [0.5, 0.6) is 0 Å². The lowest BCUT2D eigenvalue weighted by atomic mass is 10.4. The Morgan fingerprint density at radius 2 is 2.00 bits per heavy atom. The predicted molar refractivity (Wildman–Crippen MR) is 65.8 cm³/mol. The van der Waals surface area contributed by atoms with E-state index in [0.29, 0.717) is 5.92 Å². The summed E-state index contributed by atoms with van der Waals surface area (Å²) in [6.45, 7) is 3.26. The molecule has 3 heterocycles. The Kier molecular flexibility index (Phi) is 2.23. The third kappa shape index (κ3) is 1.56. The molecule has 4 rings (SSSR count). The summed E-state index contributed by atoms with van der Waals surface area (Å²) in [5.74, 6) is 2.61. The highest BCUT2D eigenvalue weighted by molar-refractivity contribution is 5.64. The molecule has 0 amide bonds. The second-order valence-electron chi connectivity index (χ2n) is 4.88. The number of aromatic nitrogens is 4. The molecule has 2 aliphatic rings. The Morgan fingerprint density at radius 3 is 2.78 bits per heavy atom. The molecule has 0 radical (unpaired) electrons. The molecule has 1 saturated carbocycles. The fraction of sp³-hybridized carbons (Fsp3) is 0.583. The second-order valence-corrected chi connectivity index (χ2v) is 4.88. The number of fused-ring (bicyclic) bond motifs is 1. The van der Waals surface area contributed by atoms with Crippen LogP contribution in [0.1, 0.15) is 24.6 Å². The van der Waals surface area contributed by atoms with Gasteiger partial charge in [-0.05, 0) is 12.8 Å². The third-order valence-corrected chi connectivity index (χ3v) is 3.59. The van der Waals surface area contributed by atoms with Crippen molar-refractivity contribution >= 4 is 11.5 Å². The normalized spacial score (nSPS) is 20.6. The molecule has 0 spiro atoms. The van der Waals surface area contributed by atoms with Gasteiger partial charge < -0.3 is 9.64 Å². The molecule has 0 bridgehead atoms. The maximum absolute atomic E-state index is 5.37. The molecular formula is C12H15N5O. The summed E-state index contributed by atoms with van der Waals surface area (Å²) in [6.07, 6.45) is 6.27. The van der Waals surface area contributed by atoms with Crippen LogP contribution in [0.4, 0.5) is 5.82 Å². The van der Waals surface area contributed by atoms with E-state index in [1.54, 1.807) is 0 Å². The van der Waals surface area contributed by atoms with Crippen LogP contribution in [-0.4, -0.2) is 45.9 Å². The molecule has 0 N–H and O–H groups in total. The van der Waals surface area contributed by atoms with E-state index in [1.165, 1.54) is 12.8 Å². The van der Waals surface area contributed by atoms with Crippen molar-refractivity contribution in [3.63, 3.8) is 0 Å². The van der Waals surface area contributed by atoms with Crippen molar-refractivity contribution in [1.82, 2.24) is 19.6 Å². The smallest absolute Gasteiger partial charge is 0.203 e. The minimum Gasteiger partial charge on any atom is -0.378 e. The standard InChI is InChI=1S/C12H15N5O/c1-2-9(1)10-14-15-12-11(13-3-4-17(10)12)16-5-7-18-8-6-16/h3-4,9H,1-2,5-8H2. The van der Waals surface area contributed by atoms with Crippen LogP contribution in [0, 0.1) is 0 Å². The summed E-state index contributed by atoms with van der Waals surface area (Å²) in [6, 6.07) is 0. The maximum atomic E-state index is 5.37. The lowest BCUT2D eigenvalue weighted by Crippen LogP contribution is -2.37. The zero-order valence-corrected chi connectivity index (χ0v) is 10.1. The number of anilines is 1. The Bertz CT molecular complexity index is 571. The predicted octanol–water partition coefficient (Wildman–Crippen LogP) is 0.838. The highest BCUT2D eigenvalue weighted by Gasteiger charge is 2.29. The van der Waals surface area contributed by atoms with Crippen LogP contribution in [0.2, 0.25) is 0 Å². The van der Waals surface area contributed by atoms with E-state index in [2.05, 4.69) is 24.5 Å². The Labute approximate surface area is 105 Å². The Balaban J connectivity index is 1.80. The number of ether oxygens (including phenoxy) is 1. The van der Waals surface area contributed by atoms with E-state index in [1.807, 2.05) is 12.4 Å². The van der Waals surface area contributed by atoms with Gasteiger partial charge in [0.1, 0.15) is 5.82 Å². The van der Waals surface area contributed by atoms with Crippen LogP contribution in [0.3, 0.4) is 0 Å². The van der Waals surface area contributed by atoms with Gasteiger partial charge in [0.15, 0.2) is 5.82 Å². The average molecular weight is 245 g/mol. The molecule has 18 heavy (non-hydrogen) atoms. The molecule has 6 heteroatoms. The summed E-state index contributed by atoms with van der Waals surface area (Å²) in [7, 11) is 0. The molecule has 2 aromatic heterocycles. The van der Waals surface area contributed by atoms with Gasteiger partial charge in [-0.15, -0.1) is 10.2 Å². The van der Waals surface area contributed by atoms with E-state index in [-0.39, 0.29) is 0 Å². The fourth-order valence-corrected chi connectivity index (χ4v) is 2.45. The summed E-state index contributed by atoms with van der Waals surface area (Å²) in [5.41, 5.74) is 0.876. The van der Waals surface area contributed by atoms with Crippen LogP contribution in [0.25, 0.3) is 5.65 Å². The summed E-state index contributed by atoms with van der Waals surface area (Å²) < 4.78 is 7.47. The van der Waals surface area contributed by atoms with Crippen molar-refractivity contribution in [2.75, 3.05) is 31.2 Å². The third-order valence-electron chi connectivity index (χ3n) is 3.59. The maximum Gasteiger partial charge on any atom is 0.203 e. The van der Waals surface area contributed by atoms with Crippen molar-refractivity contribution in [3.8, 4) is 0 Å².